The highest BCUT2D eigenvalue weighted by molar-refractivity contribution is 6.31. The fraction of sp³-hybridized carbons (Fsp3) is 0.600. The van der Waals surface area contributed by atoms with Crippen LogP contribution in [0.5, 0.6) is 5.75 Å². The van der Waals surface area contributed by atoms with E-state index < -0.39 is 0 Å². The van der Waals surface area contributed by atoms with Crippen LogP contribution in [0.3, 0.4) is 0 Å². The molecule has 19 heavy (non-hydrogen) atoms. The van der Waals surface area contributed by atoms with Crippen LogP contribution in [-0.4, -0.2) is 38.2 Å². The largest absolute Gasteiger partial charge is 0.496 e. The molecule has 4 heteroatoms. The Labute approximate surface area is 120 Å². The zero-order chi connectivity index (χ0) is 13.7. The van der Waals surface area contributed by atoms with Crippen molar-refractivity contribution in [2.75, 3.05) is 33.3 Å². The van der Waals surface area contributed by atoms with Crippen LogP contribution in [0.2, 0.25) is 5.02 Å². The summed E-state index contributed by atoms with van der Waals surface area (Å²) < 4.78 is 5.40. The molecule has 0 spiro atoms. The van der Waals surface area contributed by atoms with Crippen molar-refractivity contribution in [2.24, 2.45) is 5.92 Å². The predicted molar refractivity (Wildman–Crippen MR) is 79.9 cm³/mol. The van der Waals surface area contributed by atoms with Gasteiger partial charge in [0.1, 0.15) is 5.75 Å². The average molecular weight is 283 g/mol. The minimum Gasteiger partial charge on any atom is -0.496 e. The molecule has 0 amide bonds. The molecule has 0 radical (unpaired) electrons. The van der Waals surface area contributed by atoms with Crippen molar-refractivity contribution in [2.45, 2.75) is 19.9 Å². The summed E-state index contributed by atoms with van der Waals surface area (Å²) in [6.07, 6.45) is 1.26. The van der Waals surface area contributed by atoms with E-state index in [1.54, 1.807) is 7.11 Å². The fourth-order valence-electron chi connectivity index (χ4n) is 2.68. The lowest BCUT2D eigenvalue weighted by molar-refractivity contribution is 0.306. The van der Waals surface area contributed by atoms with Gasteiger partial charge in [0.2, 0.25) is 0 Å². The number of benzene rings is 1. The Morgan fingerprint density at radius 3 is 3.05 bits per heavy atom. The molecule has 1 saturated heterocycles. The fourth-order valence-corrected chi connectivity index (χ4v) is 2.90. The number of hydrogen-bond donors (Lipinski definition) is 1. The maximum Gasteiger partial charge on any atom is 0.124 e. The molecule has 1 aromatic carbocycles. The number of ether oxygens (including phenoxy) is 1. The molecule has 0 aromatic heterocycles. The normalized spacial score (nSPS) is 19.8. The lowest BCUT2D eigenvalue weighted by Crippen LogP contribution is -2.26. The van der Waals surface area contributed by atoms with Crippen LogP contribution in [-0.2, 0) is 6.54 Å². The number of halogens is 1. The molecule has 2 rings (SSSR count). The highest BCUT2D eigenvalue weighted by Crippen LogP contribution is 2.29. The Bertz CT molecular complexity index is 411. The van der Waals surface area contributed by atoms with E-state index in [9.17, 15) is 0 Å². The van der Waals surface area contributed by atoms with E-state index in [-0.39, 0.29) is 0 Å². The Morgan fingerprint density at radius 2 is 2.32 bits per heavy atom. The van der Waals surface area contributed by atoms with Crippen molar-refractivity contribution in [3.05, 3.63) is 28.8 Å². The molecule has 1 unspecified atom stereocenters. The van der Waals surface area contributed by atoms with Gasteiger partial charge in [0, 0.05) is 23.7 Å². The van der Waals surface area contributed by atoms with E-state index in [0.29, 0.717) is 0 Å². The molecule has 1 heterocycles. The molecule has 1 aliphatic heterocycles. The maximum absolute atomic E-state index is 6.29. The number of nitrogens with zero attached hydrogens (tertiary/aromatic N) is 1. The van der Waals surface area contributed by atoms with Gasteiger partial charge in [-0.3, -0.25) is 4.90 Å². The topological polar surface area (TPSA) is 24.5 Å². The quantitative estimate of drug-likeness (QED) is 0.868. The van der Waals surface area contributed by atoms with Gasteiger partial charge < -0.3 is 10.1 Å². The van der Waals surface area contributed by atoms with Crippen LogP contribution in [0.15, 0.2) is 18.2 Å². The molecular formula is C15H23ClN2O. The molecule has 0 aliphatic carbocycles. The third kappa shape index (κ3) is 3.85. The number of likely N-dealkylation sites (tertiary alicyclic amines) is 1. The maximum atomic E-state index is 6.29. The van der Waals surface area contributed by atoms with Crippen molar-refractivity contribution >= 4 is 11.6 Å². The second-order valence-corrected chi connectivity index (χ2v) is 5.53. The van der Waals surface area contributed by atoms with Gasteiger partial charge in [-0.05, 0) is 44.1 Å². The Hall–Kier alpha value is -0.770. The minimum atomic E-state index is 0.758. The van der Waals surface area contributed by atoms with Crippen LogP contribution in [0.4, 0.5) is 0 Å². The molecule has 1 aromatic rings. The van der Waals surface area contributed by atoms with Gasteiger partial charge in [-0.25, -0.2) is 0 Å². The zero-order valence-corrected chi connectivity index (χ0v) is 12.5. The molecule has 0 bridgehead atoms. The molecule has 1 fully saturated rings. The molecule has 1 aliphatic rings. The third-order valence-electron chi connectivity index (χ3n) is 3.73. The molecule has 106 valence electrons. The lowest BCUT2D eigenvalue weighted by Gasteiger charge is -2.19. The van der Waals surface area contributed by atoms with E-state index in [2.05, 4.69) is 17.1 Å². The molecule has 1 N–H and O–H groups in total. The number of rotatable bonds is 6. The first-order valence-corrected chi connectivity index (χ1v) is 7.36. The summed E-state index contributed by atoms with van der Waals surface area (Å²) in [5, 5.41) is 4.23. The van der Waals surface area contributed by atoms with Gasteiger partial charge in [-0.1, -0.05) is 24.6 Å². The Balaban J connectivity index is 1.95. The van der Waals surface area contributed by atoms with Crippen molar-refractivity contribution in [1.29, 1.82) is 0 Å². The summed E-state index contributed by atoms with van der Waals surface area (Å²) in [5.41, 5.74) is 1.11. The summed E-state index contributed by atoms with van der Waals surface area (Å²) in [5.74, 6) is 1.65. The minimum absolute atomic E-state index is 0.758. The number of methoxy groups -OCH3 is 1. The van der Waals surface area contributed by atoms with Crippen LogP contribution in [0.25, 0.3) is 0 Å². The van der Waals surface area contributed by atoms with Crippen molar-refractivity contribution < 1.29 is 4.74 Å². The Morgan fingerprint density at radius 1 is 1.47 bits per heavy atom. The predicted octanol–water partition coefficient (Wildman–Crippen LogP) is 2.78. The Kier molecular flexibility index (Phi) is 5.49. The number of nitrogens with one attached hydrogen (secondary N) is 1. The first kappa shape index (κ1) is 14.6. The molecule has 3 nitrogen and oxygen atoms in total. The summed E-state index contributed by atoms with van der Waals surface area (Å²) >= 11 is 6.29. The van der Waals surface area contributed by atoms with E-state index in [1.807, 2.05) is 18.2 Å². The van der Waals surface area contributed by atoms with Gasteiger partial charge in [0.25, 0.3) is 0 Å². The van der Waals surface area contributed by atoms with E-state index in [4.69, 9.17) is 16.3 Å². The average Bonchev–Trinajstić information content (AvgIpc) is 2.86. The van der Waals surface area contributed by atoms with Crippen LogP contribution in [0.1, 0.15) is 18.9 Å². The van der Waals surface area contributed by atoms with Crippen LogP contribution < -0.4 is 10.1 Å². The van der Waals surface area contributed by atoms with Crippen molar-refractivity contribution in [3.63, 3.8) is 0 Å². The van der Waals surface area contributed by atoms with Crippen molar-refractivity contribution in [1.82, 2.24) is 10.2 Å². The standard InChI is InChI=1S/C15H23ClN2O/c1-3-17-9-12-7-8-18(10-12)11-13-14(16)5-4-6-15(13)19-2/h4-6,12,17H,3,7-11H2,1-2H3. The smallest absolute Gasteiger partial charge is 0.124 e. The molecular weight excluding hydrogens is 260 g/mol. The molecule has 1 atom stereocenters. The monoisotopic (exact) mass is 282 g/mol. The van der Waals surface area contributed by atoms with Gasteiger partial charge >= 0.3 is 0 Å². The highest BCUT2D eigenvalue weighted by Gasteiger charge is 2.23. The van der Waals surface area contributed by atoms with E-state index in [1.165, 1.54) is 6.42 Å². The SMILES string of the molecule is CCNCC1CCN(Cc2c(Cl)cccc2OC)C1. The zero-order valence-electron chi connectivity index (χ0n) is 11.8. The first-order chi connectivity index (χ1) is 9.24. The number of hydrogen-bond acceptors (Lipinski definition) is 3. The van der Waals surface area contributed by atoms with Gasteiger partial charge in [0.05, 0.1) is 7.11 Å². The van der Waals surface area contributed by atoms with Gasteiger partial charge in [0.15, 0.2) is 0 Å². The first-order valence-electron chi connectivity index (χ1n) is 6.99. The van der Waals surface area contributed by atoms with Gasteiger partial charge in [-0.2, -0.15) is 0 Å². The van der Waals surface area contributed by atoms with Crippen LogP contribution >= 0.6 is 11.6 Å². The lowest BCUT2D eigenvalue weighted by atomic mass is 10.1. The third-order valence-corrected chi connectivity index (χ3v) is 4.08. The van der Waals surface area contributed by atoms with Crippen LogP contribution in [0, 0.1) is 5.92 Å². The van der Waals surface area contributed by atoms with Gasteiger partial charge in [-0.15, -0.1) is 0 Å². The van der Waals surface area contributed by atoms with E-state index >= 15 is 0 Å². The summed E-state index contributed by atoms with van der Waals surface area (Å²) in [4.78, 5) is 2.46. The van der Waals surface area contributed by atoms with Crippen molar-refractivity contribution in [3.8, 4) is 5.75 Å². The second kappa shape index (κ2) is 7.13. The summed E-state index contributed by atoms with van der Waals surface area (Å²) in [7, 11) is 1.70. The second-order valence-electron chi connectivity index (χ2n) is 5.12. The van der Waals surface area contributed by atoms with E-state index in [0.717, 1.165) is 55.0 Å². The summed E-state index contributed by atoms with van der Waals surface area (Å²) in [6.45, 7) is 7.49. The summed E-state index contributed by atoms with van der Waals surface area (Å²) in [6, 6.07) is 5.85. The highest BCUT2D eigenvalue weighted by atomic mass is 35.5. The molecule has 0 saturated carbocycles.